The summed E-state index contributed by atoms with van der Waals surface area (Å²) >= 11 is 3.31. The van der Waals surface area contributed by atoms with Gasteiger partial charge in [0.15, 0.2) is 17.4 Å². The van der Waals surface area contributed by atoms with E-state index < -0.39 is 11.6 Å². The van der Waals surface area contributed by atoms with Gasteiger partial charge in [-0.15, -0.1) is 0 Å². The summed E-state index contributed by atoms with van der Waals surface area (Å²) in [6.07, 6.45) is 0.846. The number of Topliss-reactive ketones (excluding diaryl/α,β-unsaturated/α-hetero) is 1. The van der Waals surface area contributed by atoms with Crippen LogP contribution in [0.3, 0.4) is 0 Å². The zero-order chi connectivity index (χ0) is 15.2. The second kappa shape index (κ2) is 7.31. The van der Waals surface area contributed by atoms with Gasteiger partial charge in [-0.1, -0.05) is 28.1 Å². The first-order valence-electron chi connectivity index (χ1n) is 6.43. The average Bonchev–Trinajstić information content (AvgIpc) is 2.47. The number of hydrogen-bond acceptors (Lipinski definition) is 2. The summed E-state index contributed by atoms with van der Waals surface area (Å²) < 4.78 is 31.9. The minimum atomic E-state index is -0.946. The maximum absolute atomic E-state index is 13.0. The number of rotatable bonds is 6. The highest BCUT2D eigenvalue weighted by molar-refractivity contribution is 9.10. The van der Waals surface area contributed by atoms with Crippen LogP contribution < -0.4 is 4.74 Å². The van der Waals surface area contributed by atoms with Crippen molar-refractivity contribution in [3.63, 3.8) is 0 Å². The molecule has 0 amide bonds. The van der Waals surface area contributed by atoms with Crippen LogP contribution in [0.2, 0.25) is 0 Å². The molecule has 0 aliphatic rings. The minimum absolute atomic E-state index is 0.0244. The van der Waals surface area contributed by atoms with Crippen molar-refractivity contribution in [2.45, 2.75) is 12.8 Å². The summed E-state index contributed by atoms with van der Waals surface area (Å²) in [5, 5.41) is 0. The van der Waals surface area contributed by atoms with Gasteiger partial charge in [-0.3, -0.25) is 4.79 Å². The van der Waals surface area contributed by atoms with E-state index in [1.54, 1.807) is 12.1 Å². The van der Waals surface area contributed by atoms with Crippen molar-refractivity contribution < 1.29 is 18.3 Å². The highest BCUT2D eigenvalue weighted by Gasteiger charge is 2.06. The molecule has 0 radical (unpaired) electrons. The molecular weight excluding hydrogens is 342 g/mol. The molecule has 5 heteroatoms. The molecule has 0 atom stereocenters. The lowest BCUT2D eigenvalue weighted by molar-refractivity contribution is 0.0973. The van der Waals surface area contributed by atoms with E-state index >= 15 is 0 Å². The van der Waals surface area contributed by atoms with E-state index in [9.17, 15) is 13.6 Å². The first kappa shape index (κ1) is 15.6. The molecule has 110 valence electrons. The molecule has 0 spiro atoms. The van der Waals surface area contributed by atoms with Gasteiger partial charge in [0.05, 0.1) is 6.61 Å². The molecule has 0 fully saturated rings. The first-order valence-corrected chi connectivity index (χ1v) is 7.22. The predicted octanol–water partition coefficient (Wildman–Crippen LogP) is 4.77. The largest absolute Gasteiger partial charge is 0.493 e. The fourth-order valence-corrected chi connectivity index (χ4v) is 2.03. The smallest absolute Gasteiger partial charge is 0.163 e. The van der Waals surface area contributed by atoms with Crippen molar-refractivity contribution in [3.8, 4) is 5.75 Å². The van der Waals surface area contributed by atoms with Gasteiger partial charge in [0, 0.05) is 22.5 Å². The molecule has 2 nitrogen and oxygen atoms in total. The first-order chi connectivity index (χ1) is 10.1. The van der Waals surface area contributed by atoms with Gasteiger partial charge >= 0.3 is 0 Å². The van der Waals surface area contributed by atoms with Gasteiger partial charge in [-0.2, -0.15) is 0 Å². The Labute approximate surface area is 129 Å². The van der Waals surface area contributed by atoms with Gasteiger partial charge in [0.1, 0.15) is 5.75 Å². The van der Waals surface area contributed by atoms with Crippen molar-refractivity contribution in [3.05, 3.63) is 64.1 Å². The molecule has 0 heterocycles. The summed E-state index contributed by atoms with van der Waals surface area (Å²) in [5.41, 5.74) is 0.644. The maximum atomic E-state index is 13.0. The number of carbonyl (C=O) groups is 1. The van der Waals surface area contributed by atoms with Crippen molar-refractivity contribution in [1.29, 1.82) is 0 Å². The number of halogens is 3. The van der Waals surface area contributed by atoms with Crippen LogP contribution in [0.5, 0.6) is 5.75 Å². The van der Waals surface area contributed by atoms with Crippen molar-refractivity contribution in [1.82, 2.24) is 0 Å². The summed E-state index contributed by atoms with van der Waals surface area (Å²) in [6, 6.07) is 10.5. The van der Waals surface area contributed by atoms with Crippen molar-refractivity contribution in [2.75, 3.05) is 6.61 Å². The van der Waals surface area contributed by atoms with E-state index in [1.807, 2.05) is 12.1 Å². The molecule has 0 bridgehead atoms. The van der Waals surface area contributed by atoms with E-state index in [4.69, 9.17) is 4.74 Å². The molecular formula is C16H13BrF2O2. The van der Waals surface area contributed by atoms with Crippen molar-refractivity contribution >= 4 is 21.7 Å². The van der Waals surface area contributed by atoms with Gasteiger partial charge in [0.25, 0.3) is 0 Å². The summed E-state index contributed by atoms with van der Waals surface area (Å²) in [4.78, 5) is 11.9. The number of ketones is 1. The molecule has 0 N–H and O–H groups in total. The standard InChI is InChI=1S/C16H13BrF2O2/c17-12-5-3-11(4-6-12)16(20)2-1-9-21-13-7-8-14(18)15(19)10-13/h3-8,10H,1-2,9H2. The Balaban J connectivity index is 1.77. The second-order valence-corrected chi connectivity index (χ2v) is 5.37. The zero-order valence-electron chi connectivity index (χ0n) is 11.1. The van der Waals surface area contributed by atoms with Crippen LogP contribution in [0, 0.1) is 11.6 Å². The summed E-state index contributed by atoms with van der Waals surface area (Å²) in [7, 11) is 0. The Morgan fingerprint density at radius 1 is 1.05 bits per heavy atom. The third-order valence-electron chi connectivity index (χ3n) is 2.87. The van der Waals surface area contributed by atoms with Gasteiger partial charge in [-0.05, 0) is 30.7 Å². The molecule has 0 aromatic heterocycles. The number of benzene rings is 2. The molecule has 21 heavy (non-hydrogen) atoms. The van der Waals surface area contributed by atoms with Gasteiger partial charge in [0.2, 0.25) is 0 Å². The topological polar surface area (TPSA) is 26.3 Å². The van der Waals surface area contributed by atoms with E-state index in [1.165, 1.54) is 6.07 Å². The molecule has 2 rings (SSSR count). The Morgan fingerprint density at radius 2 is 1.76 bits per heavy atom. The number of carbonyl (C=O) groups excluding carboxylic acids is 1. The number of ether oxygens (including phenoxy) is 1. The predicted molar refractivity (Wildman–Crippen MR) is 79.6 cm³/mol. The molecule has 0 unspecified atom stereocenters. The van der Waals surface area contributed by atoms with Crippen LogP contribution in [0.4, 0.5) is 8.78 Å². The van der Waals surface area contributed by atoms with Crippen LogP contribution >= 0.6 is 15.9 Å². The molecule has 2 aromatic rings. The molecule has 0 aliphatic heterocycles. The van der Waals surface area contributed by atoms with E-state index in [0.717, 1.165) is 16.6 Å². The molecule has 0 saturated heterocycles. The summed E-state index contributed by atoms with van der Waals surface area (Å²) in [5.74, 6) is -1.58. The van der Waals surface area contributed by atoms with Crippen LogP contribution in [-0.2, 0) is 0 Å². The monoisotopic (exact) mass is 354 g/mol. The fraction of sp³-hybridized carbons (Fsp3) is 0.188. The van der Waals surface area contributed by atoms with Crippen molar-refractivity contribution in [2.24, 2.45) is 0 Å². The van der Waals surface area contributed by atoms with Crippen LogP contribution in [0.1, 0.15) is 23.2 Å². The normalized spacial score (nSPS) is 10.4. The van der Waals surface area contributed by atoms with Crippen LogP contribution in [-0.4, -0.2) is 12.4 Å². The quantitative estimate of drug-likeness (QED) is 0.551. The second-order valence-electron chi connectivity index (χ2n) is 4.46. The van der Waals surface area contributed by atoms with Crippen LogP contribution in [0.25, 0.3) is 0 Å². The Hall–Kier alpha value is -1.75. The maximum Gasteiger partial charge on any atom is 0.163 e. The van der Waals surface area contributed by atoms with Gasteiger partial charge < -0.3 is 4.74 Å². The number of hydrogen-bond donors (Lipinski definition) is 0. The Bertz CT molecular complexity index is 627. The van der Waals surface area contributed by atoms with E-state index in [0.29, 0.717) is 18.4 Å². The van der Waals surface area contributed by atoms with Crippen LogP contribution in [0.15, 0.2) is 46.9 Å². The zero-order valence-corrected chi connectivity index (χ0v) is 12.7. The lowest BCUT2D eigenvalue weighted by atomic mass is 10.1. The third kappa shape index (κ3) is 4.63. The lowest BCUT2D eigenvalue weighted by Gasteiger charge is -2.06. The van der Waals surface area contributed by atoms with Gasteiger partial charge in [-0.25, -0.2) is 8.78 Å². The third-order valence-corrected chi connectivity index (χ3v) is 3.40. The Kier molecular flexibility index (Phi) is 5.44. The summed E-state index contributed by atoms with van der Waals surface area (Å²) in [6.45, 7) is 0.271. The molecule has 2 aromatic carbocycles. The highest BCUT2D eigenvalue weighted by Crippen LogP contribution is 2.16. The highest BCUT2D eigenvalue weighted by atomic mass is 79.9. The van der Waals surface area contributed by atoms with E-state index in [2.05, 4.69) is 15.9 Å². The average molecular weight is 355 g/mol. The molecule has 0 aliphatic carbocycles. The Morgan fingerprint density at radius 3 is 2.43 bits per heavy atom. The fourth-order valence-electron chi connectivity index (χ4n) is 1.77. The SMILES string of the molecule is O=C(CCCOc1ccc(F)c(F)c1)c1ccc(Br)cc1. The molecule has 0 saturated carbocycles. The minimum Gasteiger partial charge on any atom is -0.493 e. The van der Waals surface area contributed by atoms with E-state index in [-0.39, 0.29) is 18.1 Å². The lowest BCUT2D eigenvalue weighted by Crippen LogP contribution is -2.04.